The van der Waals surface area contributed by atoms with Crippen molar-refractivity contribution in [3.05, 3.63) is 95.8 Å². The molecule has 0 radical (unpaired) electrons. The van der Waals surface area contributed by atoms with Crippen molar-refractivity contribution in [3.8, 4) is 0 Å². The van der Waals surface area contributed by atoms with Gasteiger partial charge in [0.1, 0.15) is 5.82 Å². The molecule has 0 N–H and O–H groups in total. The summed E-state index contributed by atoms with van der Waals surface area (Å²) in [7, 11) is 0. The van der Waals surface area contributed by atoms with Gasteiger partial charge in [-0.1, -0.05) is 54.2 Å². The minimum absolute atomic E-state index is 0.00851. The number of hydrogen-bond acceptors (Lipinski definition) is 2. The molecule has 0 fully saturated rings. The number of rotatable bonds is 4. The molecule has 0 bridgehead atoms. The highest BCUT2D eigenvalue weighted by atomic mass is 32.2. The first-order chi connectivity index (χ1) is 10.7. The van der Waals surface area contributed by atoms with Gasteiger partial charge in [-0.2, -0.15) is 0 Å². The Morgan fingerprint density at radius 2 is 1.41 bits per heavy atom. The first kappa shape index (κ1) is 14.5. The topological polar surface area (TPSA) is 17.1 Å². The van der Waals surface area contributed by atoms with Gasteiger partial charge in [0.05, 0.1) is 0 Å². The van der Waals surface area contributed by atoms with Gasteiger partial charge in [0, 0.05) is 20.9 Å². The lowest BCUT2D eigenvalue weighted by atomic mass is 10.0. The molecule has 3 aromatic carbocycles. The smallest absolute Gasteiger partial charge is 0.194 e. The van der Waals surface area contributed by atoms with Crippen LogP contribution in [0, 0.1) is 5.82 Å². The average molecular weight is 308 g/mol. The summed E-state index contributed by atoms with van der Waals surface area (Å²) in [5, 5.41) is 0. The normalized spacial score (nSPS) is 10.4. The summed E-state index contributed by atoms with van der Waals surface area (Å²) in [6.07, 6.45) is 0. The standard InChI is InChI=1S/C19H13FOS/c20-15-10-12-16(13-11-15)22-18-9-5-4-8-17(18)19(21)14-6-2-1-3-7-14/h1-13H. The zero-order valence-electron chi connectivity index (χ0n) is 11.7. The largest absolute Gasteiger partial charge is 0.289 e. The molecule has 3 heteroatoms. The number of carbonyl (C=O) groups is 1. The van der Waals surface area contributed by atoms with Crippen LogP contribution >= 0.6 is 11.8 Å². The van der Waals surface area contributed by atoms with Crippen LogP contribution in [0.2, 0.25) is 0 Å². The van der Waals surface area contributed by atoms with Crippen LogP contribution in [-0.2, 0) is 0 Å². The lowest BCUT2D eigenvalue weighted by molar-refractivity contribution is 0.103. The fraction of sp³-hybridized carbons (Fsp3) is 0. The molecular formula is C19H13FOS. The zero-order chi connectivity index (χ0) is 15.4. The maximum absolute atomic E-state index is 13.0. The van der Waals surface area contributed by atoms with E-state index in [-0.39, 0.29) is 11.6 Å². The Morgan fingerprint density at radius 1 is 0.773 bits per heavy atom. The molecule has 22 heavy (non-hydrogen) atoms. The van der Waals surface area contributed by atoms with E-state index >= 15 is 0 Å². The Bertz CT molecular complexity index is 782. The highest BCUT2D eigenvalue weighted by Gasteiger charge is 2.13. The number of hydrogen-bond donors (Lipinski definition) is 0. The predicted octanol–water partition coefficient (Wildman–Crippen LogP) is 5.21. The van der Waals surface area contributed by atoms with Crippen molar-refractivity contribution >= 4 is 17.5 Å². The maximum atomic E-state index is 13.0. The molecule has 0 saturated carbocycles. The van der Waals surface area contributed by atoms with E-state index in [1.54, 1.807) is 12.1 Å². The van der Waals surface area contributed by atoms with Crippen LogP contribution in [0.3, 0.4) is 0 Å². The first-order valence-corrected chi connectivity index (χ1v) is 7.68. The third-order valence-electron chi connectivity index (χ3n) is 3.21. The molecule has 1 nitrogen and oxygen atoms in total. The van der Waals surface area contributed by atoms with E-state index in [2.05, 4.69) is 0 Å². The van der Waals surface area contributed by atoms with Crippen LogP contribution in [0.4, 0.5) is 4.39 Å². The van der Waals surface area contributed by atoms with Gasteiger partial charge in [0.15, 0.2) is 5.78 Å². The number of halogens is 1. The minimum atomic E-state index is -0.266. The van der Waals surface area contributed by atoms with Gasteiger partial charge in [-0.05, 0) is 36.4 Å². The van der Waals surface area contributed by atoms with E-state index in [9.17, 15) is 9.18 Å². The molecule has 3 rings (SSSR count). The Kier molecular flexibility index (Phi) is 4.35. The number of ketones is 1. The second-order valence-electron chi connectivity index (χ2n) is 4.75. The third-order valence-corrected chi connectivity index (χ3v) is 4.29. The molecule has 0 amide bonds. The number of carbonyl (C=O) groups excluding carboxylic acids is 1. The van der Waals surface area contributed by atoms with Crippen LogP contribution < -0.4 is 0 Å². The van der Waals surface area contributed by atoms with Gasteiger partial charge >= 0.3 is 0 Å². The highest BCUT2D eigenvalue weighted by Crippen LogP contribution is 2.31. The fourth-order valence-corrected chi connectivity index (χ4v) is 3.06. The van der Waals surface area contributed by atoms with Crippen molar-refractivity contribution in [2.75, 3.05) is 0 Å². The Hall–Kier alpha value is -2.39. The quantitative estimate of drug-likeness (QED) is 0.616. The fourth-order valence-electron chi connectivity index (χ4n) is 2.12. The zero-order valence-corrected chi connectivity index (χ0v) is 12.5. The van der Waals surface area contributed by atoms with E-state index in [1.165, 1.54) is 23.9 Å². The molecule has 0 aliphatic heterocycles. The summed E-state index contributed by atoms with van der Waals surface area (Å²) in [4.78, 5) is 14.4. The van der Waals surface area contributed by atoms with Crippen molar-refractivity contribution in [2.24, 2.45) is 0 Å². The molecule has 0 aliphatic rings. The van der Waals surface area contributed by atoms with Gasteiger partial charge in [-0.3, -0.25) is 4.79 Å². The Morgan fingerprint density at radius 3 is 2.14 bits per heavy atom. The SMILES string of the molecule is O=C(c1ccccc1)c1ccccc1Sc1ccc(F)cc1. The summed E-state index contributed by atoms with van der Waals surface area (Å²) in [6.45, 7) is 0. The molecule has 108 valence electrons. The van der Waals surface area contributed by atoms with Crippen LogP contribution in [0.25, 0.3) is 0 Å². The molecule has 0 heterocycles. The maximum Gasteiger partial charge on any atom is 0.194 e. The molecule has 0 saturated heterocycles. The molecular weight excluding hydrogens is 295 g/mol. The van der Waals surface area contributed by atoms with Gasteiger partial charge < -0.3 is 0 Å². The van der Waals surface area contributed by atoms with Crippen molar-refractivity contribution in [2.45, 2.75) is 9.79 Å². The van der Waals surface area contributed by atoms with E-state index in [0.717, 1.165) is 9.79 Å². The highest BCUT2D eigenvalue weighted by molar-refractivity contribution is 7.99. The number of benzene rings is 3. The molecule has 0 aromatic heterocycles. The van der Waals surface area contributed by atoms with E-state index in [1.807, 2.05) is 54.6 Å². The van der Waals surface area contributed by atoms with Crippen molar-refractivity contribution in [1.82, 2.24) is 0 Å². The van der Waals surface area contributed by atoms with E-state index in [0.29, 0.717) is 11.1 Å². The minimum Gasteiger partial charge on any atom is -0.289 e. The van der Waals surface area contributed by atoms with Crippen LogP contribution in [-0.4, -0.2) is 5.78 Å². The Labute approximate surface area is 132 Å². The molecule has 0 unspecified atom stereocenters. The van der Waals surface area contributed by atoms with Gasteiger partial charge in [-0.15, -0.1) is 0 Å². The monoisotopic (exact) mass is 308 g/mol. The van der Waals surface area contributed by atoms with E-state index < -0.39 is 0 Å². The van der Waals surface area contributed by atoms with Crippen LogP contribution in [0.1, 0.15) is 15.9 Å². The van der Waals surface area contributed by atoms with Gasteiger partial charge in [0.2, 0.25) is 0 Å². The van der Waals surface area contributed by atoms with Crippen LogP contribution in [0.15, 0.2) is 88.7 Å². The lowest BCUT2D eigenvalue weighted by Crippen LogP contribution is -2.02. The van der Waals surface area contributed by atoms with Crippen molar-refractivity contribution in [3.63, 3.8) is 0 Å². The second kappa shape index (κ2) is 6.58. The van der Waals surface area contributed by atoms with Crippen molar-refractivity contribution < 1.29 is 9.18 Å². The summed E-state index contributed by atoms with van der Waals surface area (Å²) >= 11 is 1.46. The predicted molar refractivity (Wildman–Crippen MR) is 86.8 cm³/mol. The van der Waals surface area contributed by atoms with Crippen LogP contribution in [0.5, 0.6) is 0 Å². The molecule has 3 aromatic rings. The second-order valence-corrected chi connectivity index (χ2v) is 5.86. The first-order valence-electron chi connectivity index (χ1n) is 6.86. The van der Waals surface area contributed by atoms with Crippen molar-refractivity contribution in [1.29, 1.82) is 0 Å². The summed E-state index contributed by atoms with van der Waals surface area (Å²) in [5.74, 6) is -0.274. The summed E-state index contributed by atoms with van der Waals surface area (Å²) in [6, 6.07) is 22.9. The average Bonchev–Trinajstić information content (AvgIpc) is 2.58. The summed E-state index contributed by atoms with van der Waals surface area (Å²) in [5.41, 5.74) is 1.32. The van der Waals surface area contributed by atoms with E-state index in [4.69, 9.17) is 0 Å². The lowest BCUT2D eigenvalue weighted by Gasteiger charge is -2.08. The molecule has 0 aliphatic carbocycles. The summed E-state index contributed by atoms with van der Waals surface area (Å²) < 4.78 is 13.0. The molecule has 0 atom stereocenters. The molecule has 0 spiro atoms. The third kappa shape index (κ3) is 3.26. The van der Waals surface area contributed by atoms with Gasteiger partial charge in [-0.25, -0.2) is 4.39 Å². The Balaban J connectivity index is 1.93. The van der Waals surface area contributed by atoms with Gasteiger partial charge in [0.25, 0.3) is 0 Å².